The number of carbonyl (C=O) groups is 2. The zero-order valence-corrected chi connectivity index (χ0v) is 18.8. The first-order valence-electron chi connectivity index (χ1n) is 10.9. The van der Waals surface area contributed by atoms with Gasteiger partial charge < -0.3 is 20.7 Å². The number of anilines is 1. The van der Waals surface area contributed by atoms with E-state index in [1.807, 2.05) is 18.2 Å². The smallest absolute Gasteiger partial charge is 0.351 e. The van der Waals surface area contributed by atoms with Crippen molar-refractivity contribution in [2.24, 2.45) is 5.73 Å². The van der Waals surface area contributed by atoms with Gasteiger partial charge in [-0.2, -0.15) is 13.2 Å². The van der Waals surface area contributed by atoms with E-state index >= 15 is 0 Å². The van der Waals surface area contributed by atoms with E-state index in [1.54, 1.807) is 36.4 Å². The van der Waals surface area contributed by atoms with Gasteiger partial charge in [-0.25, -0.2) is 0 Å². The first kappa shape index (κ1) is 24.4. The number of epoxide rings is 1. The number of nitrogens with two attached hydrogens (primary N) is 1. The molecule has 3 N–H and O–H groups in total. The summed E-state index contributed by atoms with van der Waals surface area (Å²) in [5.74, 6) is -0.735. The van der Waals surface area contributed by atoms with E-state index in [2.05, 4.69) is 5.32 Å². The van der Waals surface area contributed by atoms with Crippen molar-refractivity contribution in [2.75, 3.05) is 5.32 Å². The molecule has 2 amide bonds. The summed E-state index contributed by atoms with van der Waals surface area (Å²) in [6, 6.07) is 19.7. The summed E-state index contributed by atoms with van der Waals surface area (Å²) >= 11 is 0. The second kappa shape index (κ2) is 9.89. The molecule has 4 rings (SSSR count). The lowest BCUT2D eigenvalue weighted by Crippen LogP contribution is -2.38. The number of ether oxygens (including phenoxy) is 1. The van der Waals surface area contributed by atoms with Crippen LogP contribution in [0.4, 0.5) is 18.9 Å². The molecule has 3 aromatic carbocycles. The highest BCUT2D eigenvalue weighted by molar-refractivity contribution is 5.97. The number of carbonyl (C=O) groups excluding carboxylic acids is 2. The molecule has 9 heteroatoms. The molecular weight excluding hydrogens is 459 g/mol. The minimum absolute atomic E-state index is 0.112. The third kappa shape index (κ3) is 5.87. The third-order valence-corrected chi connectivity index (χ3v) is 5.65. The van der Waals surface area contributed by atoms with Gasteiger partial charge >= 0.3 is 6.18 Å². The van der Waals surface area contributed by atoms with Crippen LogP contribution in [0.25, 0.3) is 0 Å². The van der Waals surface area contributed by atoms with Gasteiger partial charge in [0, 0.05) is 24.7 Å². The van der Waals surface area contributed by atoms with Crippen LogP contribution in [-0.2, 0) is 22.3 Å². The standard InChI is InChI=1S/C26H24F3N3O3/c1-16(33)31-21-12-6-10-19(14-21)25(34)32(15-17-7-5-11-20(13-17)26(27,28)29)22(23-24(30)35-23)18-8-3-2-4-9-18/h2-14,22-24H,15,30H2,1H3,(H,31,33). The molecule has 182 valence electrons. The molecule has 3 aromatic rings. The zero-order valence-electron chi connectivity index (χ0n) is 18.8. The number of hydrogen-bond acceptors (Lipinski definition) is 4. The number of nitrogens with zero attached hydrogens (tertiary/aromatic N) is 1. The van der Waals surface area contributed by atoms with Gasteiger partial charge in [-0.3, -0.25) is 9.59 Å². The summed E-state index contributed by atoms with van der Waals surface area (Å²) in [6.07, 6.45) is -5.65. The molecule has 3 unspecified atom stereocenters. The van der Waals surface area contributed by atoms with Crippen molar-refractivity contribution < 1.29 is 27.5 Å². The van der Waals surface area contributed by atoms with Crippen LogP contribution in [0.3, 0.4) is 0 Å². The Morgan fingerprint density at radius 3 is 2.34 bits per heavy atom. The van der Waals surface area contributed by atoms with Crippen LogP contribution in [0.15, 0.2) is 78.9 Å². The van der Waals surface area contributed by atoms with E-state index in [4.69, 9.17) is 10.5 Å². The number of benzene rings is 3. The maximum absolute atomic E-state index is 13.8. The van der Waals surface area contributed by atoms with E-state index in [0.717, 1.165) is 17.7 Å². The average molecular weight is 483 g/mol. The number of hydrogen-bond donors (Lipinski definition) is 2. The molecule has 1 aliphatic heterocycles. The maximum atomic E-state index is 13.8. The van der Waals surface area contributed by atoms with Gasteiger partial charge in [-0.1, -0.05) is 48.5 Å². The Labute approximate surface area is 200 Å². The Hall–Kier alpha value is -3.69. The fourth-order valence-corrected chi connectivity index (χ4v) is 4.03. The molecule has 0 spiro atoms. The normalized spacial score (nSPS) is 18.0. The van der Waals surface area contributed by atoms with Crippen molar-refractivity contribution in [3.63, 3.8) is 0 Å². The first-order valence-corrected chi connectivity index (χ1v) is 10.9. The molecule has 0 aliphatic carbocycles. The quantitative estimate of drug-likeness (QED) is 0.476. The predicted molar refractivity (Wildman–Crippen MR) is 124 cm³/mol. The van der Waals surface area contributed by atoms with E-state index < -0.39 is 36.0 Å². The Morgan fingerprint density at radius 1 is 1.03 bits per heavy atom. The van der Waals surface area contributed by atoms with Crippen molar-refractivity contribution in [1.29, 1.82) is 0 Å². The Bertz CT molecular complexity index is 1220. The summed E-state index contributed by atoms with van der Waals surface area (Å²) < 4.78 is 45.6. The summed E-state index contributed by atoms with van der Waals surface area (Å²) in [6.45, 7) is 1.24. The topological polar surface area (TPSA) is 88.0 Å². The van der Waals surface area contributed by atoms with Gasteiger partial charge in [0.05, 0.1) is 11.6 Å². The van der Waals surface area contributed by atoms with Gasteiger partial charge in [0.25, 0.3) is 5.91 Å². The fraction of sp³-hybridized carbons (Fsp3) is 0.231. The number of halogens is 3. The molecule has 35 heavy (non-hydrogen) atoms. The predicted octanol–water partition coefficient (Wildman–Crippen LogP) is 4.73. The third-order valence-electron chi connectivity index (χ3n) is 5.65. The molecule has 6 nitrogen and oxygen atoms in total. The van der Waals surface area contributed by atoms with E-state index in [9.17, 15) is 22.8 Å². The van der Waals surface area contributed by atoms with Crippen LogP contribution in [0.5, 0.6) is 0 Å². The molecule has 1 saturated heterocycles. The lowest BCUT2D eigenvalue weighted by molar-refractivity contribution is -0.137. The molecule has 1 aliphatic rings. The summed E-state index contributed by atoms with van der Waals surface area (Å²) in [7, 11) is 0. The zero-order chi connectivity index (χ0) is 25.2. The molecular formula is C26H24F3N3O3. The summed E-state index contributed by atoms with van der Waals surface area (Å²) in [5, 5.41) is 2.64. The number of alkyl halides is 3. The van der Waals surface area contributed by atoms with Crippen LogP contribution in [-0.4, -0.2) is 29.0 Å². The van der Waals surface area contributed by atoms with Crippen LogP contribution in [0, 0.1) is 0 Å². The van der Waals surface area contributed by atoms with E-state index in [1.165, 1.54) is 24.0 Å². The maximum Gasteiger partial charge on any atom is 0.416 e. The van der Waals surface area contributed by atoms with Crippen molar-refractivity contribution in [1.82, 2.24) is 4.90 Å². The minimum Gasteiger partial charge on any atom is -0.351 e. The highest BCUT2D eigenvalue weighted by atomic mass is 19.4. The highest BCUT2D eigenvalue weighted by Gasteiger charge is 2.47. The molecule has 0 radical (unpaired) electrons. The van der Waals surface area contributed by atoms with Crippen molar-refractivity contribution in [2.45, 2.75) is 38.0 Å². The fourth-order valence-electron chi connectivity index (χ4n) is 4.03. The van der Waals surface area contributed by atoms with Gasteiger partial charge in [-0.15, -0.1) is 0 Å². The van der Waals surface area contributed by atoms with Gasteiger partial charge in [0.1, 0.15) is 12.3 Å². The Kier molecular flexibility index (Phi) is 6.90. The van der Waals surface area contributed by atoms with Crippen LogP contribution in [0.1, 0.15) is 40.0 Å². The molecule has 1 fully saturated rings. The van der Waals surface area contributed by atoms with Gasteiger partial charge in [0.2, 0.25) is 5.91 Å². The monoisotopic (exact) mass is 483 g/mol. The second-order valence-electron chi connectivity index (χ2n) is 8.31. The second-order valence-corrected chi connectivity index (χ2v) is 8.31. The van der Waals surface area contributed by atoms with Gasteiger partial charge in [-0.05, 0) is 41.5 Å². The molecule has 3 atom stereocenters. The number of amides is 2. The first-order chi connectivity index (χ1) is 16.6. The lowest BCUT2D eigenvalue weighted by atomic mass is 9.99. The molecule has 0 saturated carbocycles. The van der Waals surface area contributed by atoms with Crippen LogP contribution >= 0.6 is 0 Å². The minimum atomic E-state index is -4.52. The van der Waals surface area contributed by atoms with E-state index in [-0.39, 0.29) is 18.0 Å². The Morgan fingerprint density at radius 2 is 1.71 bits per heavy atom. The largest absolute Gasteiger partial charge is 0.416 e. The highest BCUT2D eigenvalue weighted by Crippen LogP contribution is 2.38. The average Bonchev–Trinajstić information content (AvgIpc) is 3.54. The van der Waals surface area contributed by atoms with Crippen molar-refractivity contribution in [3.8, 4) is 0 Å². The lowest BCUT2D eigenvalue weighted by Gasteiger charge is -2.32. The summed E-state index contributed by atoms with van der Waals surface area (Å²) in [5.41, 5.74) is 6.92. The Balaban J connectivity index is 1.76. The van der Waals surface area contributed by atoms with Crippen molar-refractivity contribution >= 4 is 17.5 Å². The van der Waals surface area contributed by atoms with E-state index in [0.29, 0.717) is 11.3 Å². The van der Waals surface area contributed by atoms with Crippen molar-refractivity contribution in [3.05, 3.63) is 101 Å². The number of nitrogens with one attached hydrogen (secondary N) is 1. The molecule has 1 heterocycles. The molecule has 0 bridgehead atoms. The van der Waals surface area contributed by atoms with Gasteiger partial charge in [0.15, 0.2) is 0 Å². The SMILES string of the molecule is CC(=O)Nc1cccc(C(=O)N(Cc2cccc(C(F)(F)F)c2)C(c2ccccc2)C2OC2N)c1. The molecule has 0 aromatic heterocycles. The van der Waals surface area contributed by atoms with Crippen LogP contribution < -0.4 is 11.1 Å². The number of rotatable bonds is 7. The summed E-state index contributed by atoms with van der Waals surface area (Å²) in [4.78, 5) is 26.8. The van der Waals surface area contributed by atoms with Crippen LogP contribution in [0.2, 0.25) is 0 Å².